The fraction of sp³-hybridized carbons (Fsp3) is 0.625. The Labute approximate surface area is 120 Å². The molecule has 110 valence electrons. The zero-order valence-electron chi connectivity index (χ0n) is 12.1. The van der Waals surface area contributed by atoms with E-state index in [1.54, 1.807) is 0 Å². The van der Waals surface area contributed by atoms with Gasteiger partial charge >= 0.3 is 0 Å². The molecule has 1 spiro atoms. The molecule has 0 unspecified atom stereocenters. The molecule has 20 heavy (non-hydrogen) atoms. The molecule has 1 aromatic rings. The molecule has 1 aliphatic heterocycles. The maximum absolute atomic E-state index is 13.5. The van der Waals surface area contributed by atoms with Gasteiger partial charge in [0.2, 0.25) is 0 Å². The maximum atomic E-state index is 13.5. The van der Waals surface area contributed by atoms with Gasteiger partial charge in [0.15, 0.2) is 11.6 Å². The number of methoxy groups -OCH3 is 1. The van der Waals surface area contributed by atoms with Gasteiger partial charge in [-0.25, -0.2) is 4.39 Å². The van der Waals surface area contributed by atoms with Crippen LogP contribution in [0.2, 0.25) is 0 Å². The highest BCUT2D eigenvalue weighted by Gasteiger charge is 2.36. The van der Waals surface area contributed by atoms with Crippen LogP contribution in [0.3, 0.4) is 0 Å². The third-order valence-corrected chi connectivity index (χ3v) is 4.69. The van der Waals surface area contributed by atoms with Crippen molar-refractivity contribution in [2.75, 3.05) is 31.6 Å². The molecule has 0 bridgehead atoms. The van der Waals surface area contributed by atoms with E-state index in [2.05, 4.69) is 10.2 Å². The van der Waals surface area contributed by atoms with Crippen LogP contribution in [-0.2, 0) is 0 Å². The van der Waals surface area contributed by atoms with Crippen molar-refractivity contribution in [3.63, 3.8) is 0 Å². The van der Waals surface area contributed by atoms with Gasteiger partial charge in [-0.05, 0) is 25.0 Å². The summed E-state index contributed by atoms with van der Waals surface area (Å²) in [7, 11) is 1.52. The Morgan fingerprint density at radius 2 is 2.05 bits per heavy atom. The van der Waals surface area contributed by atoms with Crippen molar-refractivity contribution in [2.45, 2.75) is 37.6 Å². The number of piperazine rings is 1. The van der Waals surface area contributed by atoms with Crippen LogP contribution in [0.4, 0.5) is 10.1 Å². The maximum Gasteiger partial charge on any atom is 0.165 e. The van der Waals surface area contributed by atoms with Crippen molar-refractivity contribution in [1.29, 1.82) is 0 Å². The third kappa shape index (κ3) is 2.62. The van der Waals surface area contributed by atoms with E-state index in [0.29, 0.717) is 5.75 Å². The Kier molecular flexibility index (Phi) is 3.83. The van der Waals surface area contributed by atoms with Crippen molar-refractivity contribution in [3.8, 4) is 5.75 Å². The average molecular weight is 278 g/mol. The number of benzene rings is 1. The average Bonchev–Trinajstić information content (AvgIpc) is 2.48. The van der Waals surface area contributed by atoms with Crippen LogP contribution < -0.4 is 15.0 Å². The summed E-state index contributed by atoms with van der Waals surface area (Å²) in [6.07, 6.45) is 6.48. The van der Waals surface area contributed by atoms with Crippen LogP contribution >= 0.6 is 0 Å². The number of ether oxygens (including phenoxy) is 1. The highest BCUT2D eigenvalue weighted by atomic mass is 19.1. The molecule has 2 aliphatic rings. The molecule has 1 aromatic carbocycles. The van der Waals surface area contributed by atoms with Crippen LogP contribution in [0.5, 0.6) is 5.75 Å². The molecule has 1 saturated heterocycles. The lowest BCUT2D eigenvalue weighted by Gasteiger charge is -2.47. The SMILES string of the molecule is COc1cc(N2CCNC3(CCCCC3)C2)ccc1F. The smallest absolute Gasteiger partial charge is 0.165 e. The largest absolute Gasteiger partial charge is 0.494 e. The quantitative estimate of drug-likeness (QED) is 0.900. The van der Waals surface area contributed by atoms with E-state index < -0.39 is 0 Å². The minimum Gasteiger partial charge on any atom is -0.494 e. The molecule has 2 fully saturated rings. The van der Waals surface area contributed by atoms with Crippen LogP contribution in [0.15, 0.2) is 18.2 Å². The Bertz CT molecular complexity index is 466. The topological polar surface area (TPSA) is 24.5 Å². The minimum atomic E-state index is -0.293. The monoisotopic (exact) mass is 278 g/mol. The van der Waals surface area contributed by atoms with Gasteiger partial charge in [-0.2, -0.15) is 0 Å². The predicted octanol–water partition coefficient (Wildman–Crippen LogP) is 2.95. The number of rotatable bonds is 2. The lowest BCUT2D eigenvalue weighted by atomic mass is 9.80. The molecule has 1 N–H and O–H groups in total. The number of halogens is 1. The Hall–Kier alpha value is -1.29. The zero-order chi connectivity index (χ0) is 14.0. The Morgan fingerprint density at radius 3 is 2.80 bits per heavy atom. The zero-order valence-corrected chi connectivity index (χ0v) is 12.1. The first-order chi connectivity index (χ1) is 9.72. The standard InChI is InChI=1S/C16H23FN2O/c1-20-15-11-13(5-6-14(15)17)19-10-9-18-16(12-19)7-3-2-4-8-16/h5-6,11,18H,2-4,7-10,12H2,1H3. The molecule has 3 nitrogen and oxygen atoms in total. The first-order valence-electron chi connectivity index (χ1n) is 7.56. The summed E-state index contributed by atoms with van der Waals surface area (Å²) in [6.45, 7) is 2.98. The second-order valence-corrected chi connectivity index (χ2v) is 6.01. The van der Waals surface area contributed by atoms with Crippen LogP contribution in [-0.4, -0.2) is 32.3 Å². The van der Waals surface area contributed by atoms with Gasteiger partial charge in [0, 0.05) is 36.9 Å². The molecule has 4 heteroatoms. The normalized spacial score (nSPS) is 22.0. The van der Waals surface area contributed by atoms with E-state index >= 15 is 0 Å². The molecule has 1 heterocycles. The van der Waals surface area contributed by atoms with Gasteiger partial charge < -0.3 is 15.0 Å². The molecular formula is C16H23FN2O. The van der Waals surface area contributed by atoms with Crippen molar-refractivity contribution in [1.82, 2.24) is 5.32 Å². The highest BCUT2D eigenvalue weighted by molar-refractivity contribution is 5.52. The van der Waals surface area contributed by atoms with E-state index in [1.165, 1.54) is 45.3 Å². The van der Waals surface area contributed by atoms with Gasteiger partial charge in [-0.3, -0.25) is 0 Å². The summed E-state index contributed by atoms with van der Waals surface area (Å²) in [6, 6.07) is 5.18. The van der Waals surface area contributed by atoms with Crippen LogP contribution in [0, 0.1) is 5.82 Å². The summed E-state index contributed by atoms with van der Waals surface area (Å²) in [4.78, 5) is 2.36. The first kappa shape index (κ1) is 13.7. The van der Waals surface area contributed by atoms with Gasteiger partial charge in [-0.1, -0.05) is 19.3 Å². The molecular weight excluding hydrogens is 255 g/mol. The lowest BCUT2D eigenvalue weighted by Crippen LogP contribution is -2.61. The Balaban J connectivity index is 1.79. The summed E-state index contributed by atoms with van der Waals surface area (Å²) in [5.74, 6) is 0.0393. The summed E-state index contributed by atoms with van der Waals surface area (Å²) in [5, 5.41) is 3.73. The molecule has 1 saturated carbocycles. The number of nitrogens with zero attached hydrogens (tertiary/aromatic N) is 1. The fourth-order valence-corrected chi connectivity index (χ4v) is 3.59. The number of hydrogen-bond acceptors (Lipinski definition) is 3. The van der Waals surface area contributed by atoms with Gasteiger partial charge in [0.1, 0.15) is 0 Å². The van der Waals surface area contributed by atoms with E-state index in [1.807, 2.05) is 12.1 Å². The molecule has 0 radical (unpaired) electrons. The lowest BCUT2D eigenvalue weighted by molar-refractivity contribution is 0.216. The van der Waals surface area contributed by atoms with E-state index in [0.717, 1.165) is 25.3 Å². The molecule has 3 rings (SSSR count). The van der Waals surface area contributed by atoms with E-state index in [-0.39, 0.29) is 11.4 Å². The van der Waals surface area contributed by atoms with Crippen LogP contribution in [0.1, 0.15) is 32.1 Å². The summed E-state index contributed by atoms with van der Waals surface area (Å²) < 4.78 is 18.6. The van der Waals surface area contributed by atoms with Gasteiger partial charge in [0.05, 0.1) is 7.11 Å². The number of hydrogen-bond donors (Lipinski definition) is 1. The van der Waals surface area contributed by atoms with E-state index in [4.69, 9.17) is 4.74 Å². The van der Waals surface area contributed by atoms with Crippen molar-refractivity contribution < 1.29 is 9.13 Å². The van der Waals surface area contributed by atoms with E-state index in [9.17, 15) is 4.39 Å². The van der Waals surface area contributed by atoms with Crippen molar-refractivity contribution in [3.05, 3.63) is 24.0 Å². The number of nitrogens with one attached hydrogen (secondary N) is 1. The first-order valence-corrected chi connectivity index (χ1v) is 7.56. The summed E-state index contributed by atoms with van der Waals surface area (Å²) >= 11 is 0. The third-order valence-electron chi connectivity index (χ3n) is 4.69. The van der Waals surface area contributed by atoms with Crippen molar-refractivity contribution in [2.24, 2.45) is 0 Å². The second-order valence-electron chi connectivity index (χ2n) is 6.01. The van der Waals surface area contributed by atoms with Crippen molar-refractivity contribution >= 4 is 5.69 Å². The Morgan fingerprint density at radius 1 is 1.25 bits per heavy atom. The second kappa shape index (κ2) is 5.60. The van der Waals surface area contributed by atoms with Gasteiger partial charge in [-0.15, -0.1) is 0 Å². The van der Waals surface area contributed by atoms with Gasteiger partial charge in [0.25, 0.3) is 0 Å². The molecule has 0 aromatic heterocycles. The minimum absolute atomic E-state index is 0.262. The number of anilines is 1. The molecule has 0 atom stereocenters. The van der Waals surface area contributed by atoms with Crippen LogP contribution in [0.25, 0.3) is 0 Å². The fourth-order valence-electron chi connectivity index (χ4n) is 3.59. The predicted molar refractivity (Wildman–Crippen MR) is 79.0 cm³/mol. The molecule has 1 aliphatic carbocycles. The highest BCUT2D eigenvalue weighted by Crippen LogP contribution is 2.33. The summed E-state index contributed by atoms with van der Waals surface area (Å²) in [5.41, 5.74) is 1.33. The molecule has 0 amide bonds.